The van der Waals surface area contributed by atoms with E-state index in [1.54, 1.807) is 7.11 Å². The Morgan fingerprint density at radius 2 is 1.45 bits per heavy atom. The summed E-state index contributed by atoms with van der Waals surface area (Å²) in [6.07, 6.45) is -3.55. The molecule has 0 aromatic rings. The number of Topliss-reactive ketones (excluding diaryl/α,β-unsaturated/α-hetero) is 2. The highest BCUT2D eigenvalue weighted by atomic mass is 16.6. The van der Waals surface area contributed by atoms with Gasteiger partial charge in [-0.2, -0.15) is 0 Å². The van der Waals surface area contributed by atoms with Crippen molar-refractivity contribution in [2.45, 2.75) is 188 Å². The molecule has 4 N–H and O–H groups in total. The molecule has 0 aliphatic carbocycles. The van der Waals surface area contributed by atoms with E-state index < -0.39 is 79.9 Å². The van der Waals surface area contributed by atoms with Crippen LogP contribution in [0.2, 0.25) is 0 Å². The van der Waals surface area contributed by atoms with Crippen molar-refractivity contribution in [3.8, 4) is 0 Å². The second-order valence-corrected chi connectivity index (χ2v) is 16.8. The molecule has 0 aromatic heterocycles. The first kappa shape index (κ1) is 39.6. The molecule has 0 spiro atoms. The minimum absolute atomic E-state index is 0.00643. The normalized spacial score (nSPS) is 47.7. The lowest BCUT2D eigenvalue weighted by Gasteiger charge is -2.46. The van der Waals surface area contributed by atoms with E-state index in [2.05, 4.69) is 20.1 Å². The van der Waals surface area contributed by atoms with Gasteiger partial charge in [-0.1, -0.05) is 20.1 Å². The zero-order valence-electron chi connectivity index (χ0n) is 31.2. The minimum Gasteiger partial charge on any atom is -0.394 e. The van der Waals surface area contributed by atoms with E-state index in [1.807, 2.05) is 0 Å². The molecule has 0 radical (unpaired) electrons. The fourth-order valence-electron chi connectivity index (χ4n) is 10.1. The number of hydrogen-bond donors (Lipinski definition) is 4. The maximum absolute atomic E-state index is 13.9. The fourth-order valence-corrected chi connectivity index (χ4v) is 10.1. The molecule has 7 aliphatic rings. The van der Waals surface area contributed by atoms with Crippen molar-refractivity contribution >= 4 is 11.6 Å². The predicted octanol–water partition coefficient (Wildman–Crippen LogP) is 2.27. The van der Waals surface area contributed by atoms with Gasteiger partial charge in [0.15, 0.2) is 0 Å². The quantitative estimate of drug-likeness (QED) is 0.308. The number of carbonyl (C=O) groups is 2. The SMILES string of the molecule is C=C1C[C@@H]2CCC(=O)C[C@H]3O[C@H]4[C@@H](O)[C@H]5O[C@H](CC[C@@H]5O[C@H]4[C@H]3O)CC(=O)C[C@@H]3[C@@H](OC)[C@@H](C[C@H](O)CO)O[C@H]3C[C@H]3O[C@@H](CC[C@@H]1O2)C[C@@H](C)C3=C. The van der Waals surface area contributed by atoms with Crippen LogP contribution < -0.4 is 0 Å². The van der Waals surface area contributed by atoms with Gasteiger partial charge in [-0.05, 0) is 62.0 Å². The van der Waals surface area contributed by atoms with Gasteiger partial charge in [0.2, 0.25) is 0 Å². The molecule has 7 rings (SSSR count). The molecule has 8 bridgehead atoms. The first-order valence-electron chi connectivity index (χ1n) is 19.9. The molecule has 7 heterocycles. The highest BCUT2D eigenvalue weighted by Gasteiger charge is 2.57. The number of ketones is 2. The number of rotatable bonds is 4. The average molecular weight is 749 g/mol. The van der Waals surface area contributed by atoms with Gasteiger partial charge < -0.3 is 53.6 Å². The lowest BCUT2D eigenvalue weighted by molar-refractivity contribution is -0.259. The summed E-state index contributed by atoms with van der Waals surface area (Å²) in [5.74, 6) is -0.221. The van der Waals surface area contributed by atoms with Gasteiger partial charge >= 0.3 is 0 Å². The van der Waals surface area contributed by atoms with Crippen LogP contribution in [0.15, 0.2) is 24.3 Å². The maximum Gasteiger partial charge on any atom is 0.135 e. The highest BCUT2D eigenvalue weighted by Crippen LogP contribution is 2.43. The summed E-state index contributed by atoms with van der Waals surface area (Å²) in [5.41, 5.74) is 2.00. The summed E-state index contributed by atoms with van der Waals surface area (Å²) in [5, 5.41) is 42.6. The first-order chi connectivity index (χ1) is 25.4. The fraction of sp³-hybridized carbons (Fsp3) is 0.850. The van der Waals surface area contributed by atoms with E-state index in [1.165, 1.54) is 0 Å². The number of ether oxygens (including phenoxy) is 7. The second-order valence-electron chi connectivity index (χ2n) is 16.8. The lowest BCUT2D eigenvalue weighted by atomic mass is 9.81. The van der Waals surface area contributed by atoms with E-state index in [0.29, 0.717) is 32.1 Å². The molecule has 7 fully saturated rings. The highest BCUT2D eigenvalue weighted by molar-refractivity contribution is 5.79. The van der Waals surface area contributed by atoms with Gasteiger partial charge in [0.1, 0.15) is 42.1 Å². The molecule has 13 heteroatoms. The molecule has 18 atom stereocenters. The van der Waals surface area contributed by atoms with Crippen LogP contribution in [-0.4, -0.2) is 143 Å². The van der Waals surface area contributed by atoms with E-state index in [-0.39, 0.29) is 79.9 Å². The number of carbonyl (C=O) groups excluding carboxylic acids is 2. The average Bonchev–Trinajstić information content (AvgIpc) is 3.76. The summed E-state index contributed by atoms with van der Waals surface area (Å²) < 4.78 is 44.3. The Hall–Kier alpha value is -1.62. The van der Waals surface area contributed by atoms with Gasteiger partial charge in [0.25, 0.3) is 0 Å². The Morgan fingerprint density at radius 3 is 2.23 bits per heavy atom. The van der Waals surface area contributed by atoms with Gasteiger partial charge in [0.05, 0.1) is 73.8 Å². The monoisotopic (exact) mass is 748 g/mol. The van der Waals surface area contributed by atoms with E-state index in [9.17, 15) is 30.0 Å². The molecule has 7 saturated heterocycles. The smallest absolute Gasteiger partial charge is 0.135 e. The van der Waals surface area contributed by atoms with Gasteiger partial charge in [-0.15, -0.1) is 0 Å². The molecule has 53 heavy (non-hydrogen) atoms. The topological polar surface area (TPSA) is 180 Å². The van der Waals surface area contributed by atoms with Crippen molar-refractivity contribution in [1.29, 1.82) is 0 Å². The van der Waals surface area contributed by atoms with Crippen LogP contribution in [0.1, 0.15) is 90.4 Å². The number of hydrogen-bond acceptors (Lipinski definition) is 13. The summed E-state index contributed by atoms with van der Waals surface area (Å²) in [7, 11) is 1.58. The van der Waals surface area contributed by atoms with Gasteiger partial charge in [0, 0.05) is 51.6 Å². The Morgan fingerprint density at radius 1 is 0.736 bits per heavy atom. The molecule has 13 nitrogen and oxygen atoms in total. The molecule has 0 amide bonds. The summed E-state index contributed by atoms with van der Waals surface area (Å²) in [6.45, 7) is 10.4. The van der Waals surface area contributed by atoms with Crippen LogP contribution in [0.3, 0.4) is 0 Å². The van der Waals surface area contributed by atoms with Crippen LogP contribution >= 0.6 is 0 Å². The third kappa shape index (κ3) is 8.56. The van der Waals surface area contributed by atoms with Crippen molar-refractivity contribution in [2.24, 2.45) is 11.8 Å². The van der Waals surface area contributed by atoms with Crippen molar-refractivity contribution in [2.75, 3.05) is 13.7 Å². The van der Waals surface area contributed by atoms with E-state index >= 15 is 0 Å². The molecule has 298 valence electrons. The summed E-state index contributed by atoms with van der Waals surface area (Å²) >= 11 is 0. The van der Waals surface area contributed by atoms with Gasteiger partial charge in [-0.3, -0.25) is 9.59 Å². The Bertz CT molecular complexity index is 1340. The third-order valence-corrected chi connectivity index (χ3v) is 13.1. The summed E-state index contributed by atoms with van der Waals surface area (Å²) in [4.78, 5) is 27.0. The molecule has 0 saturated carbocycles. The predicted molar refractivity (Wildman–Crippen MR) is 189 cm³/mol. The second kappa shape index (κ2) is 16.9. The number of methoxy groups -OCH3 is 1. The molecular formula is C40H60O13. The lowest BCUT2D eigenvalue weighted by Crippen LogP contribution is -2.61. The van der Waals surface area contributed by atoms with Crippen molar-refractivity contribution in [3.05, 3.63) is 24.3 Å². The Balaban J connectivity index is 1.11. The molecule has 7 aliphatic heterocycles. The van der Waals surface area contributed by atoms with Crippen LogP contribution in [0.25, 0.3) is 0 Å². The minimum atomic E-state index is -1.10. The van der Waals surface area contributed by atoms with Crippen LogP contribution in [-0.2, 0) is 42.7 Å². The van der Waals surface area contributed by atoms with Crippen LogP contribution in [0.4, 0.5) is 0 Å². The number of fused-ring (bicyclic) bond motifs is 7. The van der Waals surface area contributed by atoms with Crippen molar-refractivity contribution in [1.82, 2.24) is 0 Å². The first-order valence-corrected chi connectivity index (χ1v) is 19.9. The Kier molecular flexibility index (Phi) is 12.6. The third-order valence-electron chi connectivity index (χ3n) is 13.1. The van der Waals surface area contributed by atoms with Crippen molar-refractivity contribution < 1.29 is 63.2 Å². The van der Waals surface area contributed by atoms with Crippen LogP contribution in [0.5, 0.6) is 0 Å². The molecule has 0 unspecified atom stereocenters. The number of aliphatic hydroxyl groups excluding tert-OH is 4. The van der Waals surface area contributed by atoms with E-state index in [0.717, 1.165) is 30.4 Å². The van der Waals surface area contributed by atoms with Gasteiger partial charge in [-0.25, -0.2) is 0 Å². The van der Waals surface area contributed by atoms with E-state index in [4.69, 9.17) is 33.2 Å². The number of aliphatic hydroxyl groups is 4. The summed E-state index contributed by atoms with van der Waals surface area (Å²) in [6, 6.07) is 0. The van der Waals surface area contributed by atoms with Crippen LogP contribution in [0, 0.1) is 11.8 Å². The zero-order valence-corrected chi connectivity index (χ0v) is 31.2. The zero-order chi connectivity index (χ0) is 37.6. The molecule has 0 aromatic carbocycles. The molecular weight excluding hydrogens is 688 g/mol. The maximum atomic E-state index is 13.9. The largest absolute Gasteiger partial charge is 0.394 e. The Labute approximate surface area is 312 Å². The van der Waals surface area contributed by atoms with Crippen molar-refractivity contribution in [3.63, 3.8) is 0 Å². The standard InChI is InChI=1S/C40H60O13/c1-19-11-26-7-9-29-20(2)12-25(48-29)6-5-22(42)15-33-35(45)39-40(53-33)36(46)38-30(52-39)10-8-27(50-38)13-23(43)14-28-32(17-31(49-26)21(19)3)51-34(37(28)47-4)16-24(44)18-41/h19,24-41,44-46H,2-3,5-18H2,1,4H3/t19-,24+,25+,26+,27-,28+,29+,30+,31-,32+,33-,34-,35+,36+,37-,38+,39+,40+/m1/s1.